The van der Waals surface area contributed by atoms with Crippen molar-refractivity contribution in [3.8, 4) is 0 Å². The molecule has 2 amide bonds. The van der Waals surface area contributed by atoms with Gasteiger partial charge < -0.3 is 39.4 Å². The molecule has 0 aliphatic carbocycles. The van der Waals surface area contributed by atoms with Crippen molar-refractivity contribution in [2.24, 2.45) is 0 Å². The Morgan fingerprint density at radius 3 is 2.60 bits per heavy atom. The minimum atomic E-state index is -4.72. The number of fused-ring (bicyclic) bond motifs is 1. The number of hydrogen-bond donors (Lipinski definition) is 5. The first-order valence-electron chi connectivity index (χ1n) is 10.1. The molecule has 0 radical (unpaired) electrons. The lowest BCUT2D eigenvalue weighted by atomic mass is 10.1. The molecule has 16 heteroatoms. The van der Waals surface area contributed by atoms with Crippen LogP contribution in [0.3, 0.4) is 0 Å². The topological polar surface area (TPSA) is 221 Å². The van der Waals surface area contributed by atoms with E-state index in [1.54, 1.807) is 30.3 Å². The minimum Gasteiger partial charge on any atom is -0.778 e. The van der Waals surface area contributed by atoms with Crippen molar-refractivity contribution in [1.29, 1.82) is 0 Å². The Bertz CT molecular complexity index is 1270. The molecule has 1 saturated heterocycles. The molecule has 1 fully saturated rings. The third kappa shape index (κ3) is 5.62. The van der Waals surface area contributed by atoms with Gasteiger partial charge in [0.15, 0.2) is 23.2 Å². The number of para-hydroxylation sites is 1. The number of urea groups is 1. The zero-order valence-corrected chi connectivity index (χ0v) is 18.7. The maximum Gasteiger partial charge on any atom is 0.324 e. The third-order valence-corrected chi connectivity index (χ3v) is 6.20. The van der Waals surface area contributed by atoms with E-state index in [1.807, 2.05) is 0 Å². The first-order chi connectivity index (χ1) is 16.6. The number of hydrogen-bond acceptors (Lipinski definition) is 11. The van der Waals surface area contributed by atoms with Crippen molar-refractivity contribution >= 4 is 42.3 Å². The lowest BCUT2D eigenvalue weighted by Crippen LogP contribution is -2.34. The number of nitrogens with one attached hydrogen (secondary N) is 2. The Morgan fingerprint density at radius 2 is 1.89 bits per heavy atom. The normalized spacial score (nSPS) is 23.6. The van der Waals surface area contributed by atoms with Crippen molar-refractivity contribution in [1.82, 2.24) is 19.5 Å². The summed E-state index contributed by atoms with van der Waals surface area (Å²) in [6, 6.07) is 8.11. The molecule has 0 bridgehead atoms. The molecule has 0 spiro atoms. The van der Waals surface area contributed by atoms with Crippen LogP contribution >= 0.6 is 7.60 Å². The molecular formula is C19H20N6O9P-. The number of carboxylic acid groups (broad SMARTS) is 1. The van der Waals surface area contributed by atoms with Crippen LogP contribution in [-0.2, 0) is 18.6 Å². The Labute approximate surface area is 196 Å². The van der Waals surface area contributed by atoms with Crippen LogP contribution in [-0.4, -0.2) is 77.9 Å². The van der Waals surface area contributed by atoms with Gasteiger partial charge in [-0.25, -0.2) is 19.7 Å². The first-order valence-corrected chi connectivity index (χ1v) is 11.9. The monoisotopic (exact) mass is 507 g/mol. The third-order valence-electron chi connectivity index (χ3n) is 5.00. The van der Waals surface area contributed by atoms with Gasteiger partial charge in [0.25, 0.3) is 0 Å². The predicted octanol–water partition coefficient (Wildman–Crippen LogP) is -0.256. The predicted molar refractivity (Wildman–Crippen MR) is 116 cm³/mol. The maximum absolute atomic E-state index is 12.3. The Morgan fingerprint density at radius 1 is 1.14 bits per heavy atom. The van der Waals surface area contributed by atoms with E-state index in [0.717, 1.165) is 6.33 Å². The lowest BCUT2D eigenvalue weighted by Gasteiger charge is -2.24. The van der Waals surface area contributed by atoms with Gasteiger partial charge in [-0.3, -0.25) is 14.7 Å². The van der Waals surface area contributed by atoms with Gasteiger partial charge in [-0.1, -0.05) is 18.2 Å². The quantitative estimate of drug-likeness (QED) is 0.249. The zero-order chi connectivity index (χ0) is 25.2. The van der Waals surface area contributed by atoms with Gasteiger partial charge >= 0.3 is 12.0 Å². The van der Waals surface area contributed by atoms with Crippen molar-refractivity contribution in [2.75, 3.05) is 23.4 Å². The largest absolute Gasteiger partial charge is 0.778 e. The van der Waals surface area contributed by atoms with E-state index in [4.69, 9.17) is 9.84 Å². The summed E-state index contributed by atoms with van der Waals surface area (Å²) in [6.45, 7) is -0.711. The van der Waals surface area contributed by atoms with Crippen molar-refractivity contribution in [3.05, 3.63) is 43.0 Å². The van der Waals surface area contributed by atoms with E-state index in [2.05, 4.69) is 30.1 Å². The molecular weight excluding hydrogens is 487 g/mol. The summed E-state index contributed by atoms with van der Waals surface area (Å²) in [7, 11) is -4.72. The SMILES string of the molecule is O=C(O)CP(=O)([O-])OC[C@H]1O[C@@H](n2cnc3c(NC(=O)Nc4ccccc4)ncnc32)[C@@H](O)C1O. The Balaban J connectivity index is 1.48. The number of carbonyl (C=O) groups excluding carboxylic acids is 1. The van der Waals surface area contributed by atoms with Gasteiger partial charge in [0.1, 0.15) is 38.4 Å². The molecule has 1 aliphatic rings. The second kappa shape index (κ2) is 10.0. The summed E-state index contributed by atoms with van der Waals surface area (Å²) in [5.41, 5.74) is 0.857. The molecule has 2 unspecified atom stereocenters. The highest BCUT2D eigenvalue weighted by Crippen LogP contribution is 2.39. The number of ether oxygens (including phenoxy) is 1. The molecule has 4 rings (SSSR count). The average Bonchev–Trinajstić information content (AvgIpc) is 3.34. The van der Waals surface area contributed by atoms with E-state index < -0.39 is 56.9 Å². The van der Waals surface area contributed by atoms with Gasteiger partial charge in [0.2, 0.25) is 0 Å². The van der Waals surface area contributed by atoms with Gasteiger partial charge in [-0.05, 0) is 12.1 Å². The van der Waals surface area contributed by atoms with Crippen LogP contribution in [0, 0.1) is 0 Å². The molecule has 1 aliphatic heterocycles. The van der Waals surface area contributed by atoms with Crippen LogP contribution in [0.1, 0.15) is 6.23 Å². The van der Waals surface area contributed by atoms with Gasteiger partial charge in [0, 0.05) is 5.69 Å². The second-order valence-electron chi connectivity index (χ2n) is 7.50. The van der Waals surface area contributed by atoms with Crippen molar-refractivity contribution in [2.45, 2.75) is 24.5 Å². The fourth-order valence-corrected chi connectivity index (χ4v) is 4.21. The molecule has 0 saturated carbocycles. The molecule has 35 heavy (non-hydrogen) atoms. The number of carboxylic acids is 1. The van der Waals surface area contributed by atoms with Gasteiger partial charge in [0.05, 0.1) is 12.9 Å². The molecule has 15 nitrogen and oxygen atoms in total. The fraction of sp³-hybridized carbons (Fsp3) is 0.316. The van der Waals surface area contributed by atoms with Crippen molar-refractivity contribution in [3.63, 3.8) is 0 Å². The standard InChI is InChI=1S/C19H21N6O9P/c26-12(27)7-35(31,32)33-6-11-14(28)15(29)18(34-11)25-9-22-13-16(20-8-21-17(13)25)24-19(30)23-10-4-2-1-3-5-10/h1-5,8-9,11,14-15,18,28-29H,6-7H2,(H,26,27)(H,31,32)(H2,20,21,23,24,30)/p-1/t11-,14?,15+,18-/m1/s1. The van der Waals surface area contributed by atoms with Crippen LogP contribution in [0.2, 0.25) is 0 Å². The van der Waals surface area contributed by atoms with E-state index >= 15 is 0 Å². The van der Waals surface area contributed by atoms with Gasteiger partial charge in [-0.15, -0.1) is 0 Å². The number of aliphatic hydroxyl groups excluding tert-OH is 2. The number of imidazole rings is 1. The number of aliphatic hydroxyl groups is 2. The number of rotatable bonds is 8. The number of nitrogens with zero attached hydrogens (tertiary/aromatic N) is 4. The number of aliphatic carboxylic acids is 1. The number of amides is 2. The van der Waals surface area contributed by atoms with E-state index in [9.17, 15) is 29.3 Å². The Kier molecular flexibility index (Phi) is 7.07. The maximum atomic E-state index is 12.3. The fourth-order valence-electron chi connectivity index (χ4n) is 3.42. The number of aromatic nitrogens is 4. The van der Waals surface area contributed by atoms with Crippen LogP contribution < -0.4 is 15.5 Å². The molecule has 5 atom stereocenters. The number of anilines is 2. The number of carbonyl (C=O) groups is 2. The molecule has 5 N–H and O–H groups in total. The molecule has 1 aromatic carbocycles. The highest BCUT2D eigenvalue weighted by Gasteiger charge is 2.45. The summed E-state index contributed by atoms with van der Waals surface area (Å²) < 4.78 is 23.1. The highest BCUT2D eigenvalue weighted by molar-refractivity contribution is 7.52. The summed E-state index contributed by atoms with van der Waals surface area (Å²) in [6.07, 6.45) is -4.46. The average molecular weight is 507 g/mol. The summed E-state index contributed by atoms with van der Waals surface area (Å²) >= 11 is 0. The molecule has 2 aromatic heterocycles. The molecule has 186 valence electrons. The Hall–Kier alpha value is -3.46. The van der Waals surface area contributed by atoms with Crippen LogP contribution in [0.4, 0.5) is 16.3 Å². The van der Waals surface area contributed by atoms with Crippen molar-refractivity contribution < 1.29 is 43.6 Å². The lowest BCUT2D eigenvalue weighted by molar-refractivity contribution is -0.202. The zero-order valence-electron chi connectivity index (χ0n) is 17.8. The second-order valence-corrected chi connectivity index (χ2v) is 9.29. The summed E-state index contributed by atoms with van der Waals surface area (Å²) in [5.74, 6) is -1.53. The number of benzene rings is 1. The molecule has 3 aromatic rings. The van der Waals surface area contributed by atoms with Crippen LogP contribution in [0.5, 0.6) is 0 Å². The van der Waals surface area contributed by atoms with Gasteiger partial charge in [-0.2, -0.15) is 0 Å². The summed E-state index contributed by atoms with van der Waals surface area (Å²) in [4.78, 5) is 46.9. The first kappa shape index (κ1) is 24.7. The summed E-state index contributed by atoms with van der Waals surface area (Å²) in [5, 5.41) is 34.6. The smallest absolute Gasteiger partial charge is 0.324 e. The highest BCUT2D eigenvalue weighted by atomic mass is 31.2. The van der Waals surface area contributed by atoms with E-state index in [0.29, 0.717) is 5.69 Å². The molecule has 3 heterocycles. The minimum absolute atomic E-state index is 0.0658. The van der Waals surface area contributed by atoms with E-state index in [-0.39, 0.29) is 17.0 Å². The van der Waals surface area contributed by atoms with Crippen LogP contribution in [0.25, 0.3) is 11.2 Å². The van der Waals surface area contributed by atoms with E-state index in [1.165, 1.54) is 10.9 Å². The van der Waals surface area contributed by atoms with Crippen LogP contribution in [0.15, 0.2) is 43.0 Å².